The number of rotatable bonds is 3. The topological polar surface area (TPSA) is 81.2 Å². The quantitative estimate of drug-likeness (QED) is 0.828. The average molecular weight is 237 g/mol. The number of nitrogens with two attached hydrogens (primary N) is 1. The molecule has 1 heterocycles. The lowest BCUT2D eigenvalue weighted by Gasteiger charge is -2.30. The van der Waals surface area contributed by atoms with E-state index in [2.05, 4.69) is 10.5 Å². The molecule has 2 atom stereocenters. The van der Waals surface area contributed by atoms with Crippen LogP contribution in [-0.4, -0.2) is 23.7 Å². The Morgan fingerprint density at radius 2 is 2.35 bits per heavy atom. The van der Waals surface area contributed by atoms with E-state index in [4.69, 9.17) is 10.3 Å². The van der Waals surface area contributed by atoms with Crippen molar-refractivity contribution in [2.24, 2.45) is 11.7 Å². The van der Waals surface area contributed by atoms with Crippen molar-refractivity contribution in [3.63, 3.8) is 0 Å². The molecule has 5 heteroatoms. The highest BCUT2D eigenvalue weighted by molar-refractivity contribution is 5.91. The number of hydrogen-bond donors (Lipinski definition) is 2. The molecule has 0 saturated heterocycles. The minimum Gasteiger partial charge on any atom is -0.351 e. The first-order valence-corrected chi connectivity index (χ1v) is 6.15. The van der Waals surface area contributed by atoms with Gasteiger partial charge in [-0.3, -0.25) is 4.79 Å². The molecule has 0 spiro atoms. The molecule has 5 nitrogen and oxygen atoms in total. The minimum absolute atomic E-state index is 0.173. The predicted octanol–water partition coefficient (Wildman–Crippen LogP) is 1.23. The van der Waals surface area contributed by atoms with Gasteiger partial charge in [0.05, 0.1) is 5.69 Å². The molecule has 0 aliphatic heterocycles. The van der Waals surface area contributed by atoms with Crippen LogP contribution in [0, 0.1) is 12.8 Å². The first-order valence-electron chi connectivity index (χ1n) is 6.15. The largest absolute Gasteiger partial charge is 0.351 e. The number of aromatic nitrogens is 1. The smallest absolute Gasteiger partial charge is 0.290 e. The lowest BCUT2D eigenvalue weighted by molar-refractivity contribution is 0.0870. The molecule has 17 heavy (non-hydrogen) atoms. The molecule has 0 aromatic carbocycles. The van der Waals surface area contributed by atoms with Gasteiger partial charge in [-0.15, -0.1) is 0 Å². The van der Waals surface area contributed by atoms with E-state index in [-0.39, 0.29) is 17.7 Å². The number of carbonyl (C=O) groups excluding carboxylic acids is 1. The van der Waals surface area contributed by atoms with Gasteiger partial charge in [-0.2, -0.15) is 0 Å². The van der Waals surface area contributed by atoms with E-state index in [1.54, 1.807) is 13.0 Å². The van der Waals surface area contributed by atoms with Crippen LogP contribution in [0.25, 0.3) is 0 Å². The van der Waals surface area contributed by atoms with E-state index in [9.17, 15) is 4.79 Å². The summed E-state index contributed by atoms with van der Waals surface area (Å²) in [6.45, 7) is 2.42. The van der Waals surface area contributed by atoms with Crippen LogP contribution >= 0.6 is 0 Å². The Bertz CT molecular complexity index is 389. The van der Waals surface area contributed by atoms with Gasteiger partial charge in [-0.1, -0.05) is 18.0 Å². The molecule has 1 aliphatic carbocycles. The maximum atomic E-state index is 11.9. The van der Waals surface area contributed by atoms with Crippen LogP contribution in [0.4, 0.5) is 0 Å². The summed E-state index contributed by atoms with van der Waals surface area (Å²) in [5, 5.41) is 6.71. The standard InChI is InChI=1S/C12H19N3O2/c1-8-6-11(17-15-8)12(16)14-10-5-3-2-4-9(10)7-13/h6,9-10H,2-5,7,13H2,1H3,(H,14,16). The summed E-state index contributed by atoms with van der Waals surface area (Å²) < 4.78 is 4.94. The van der Waals surface area contributed by atoms with Crippen LogP contribution in [0.5, 0.6) is 0 Å². The number of hydrogen-bond acceptors (Lipinski definition) is 4. The Morgan fingerprint density at radius 3 is 3.00 bits per heavy atom. The third-order valence-corrected chi connectivity index (χ3v) is 3.38. The van der Waals surface area contributed by atoms with Crippen molar-refractivity contribution >= 4 is 5.91 Å². The molecule has 1 amide bonds. The summed E-state index contributed by atoms with van der Waals surface area (Å²) in [5.41, 5.74) is 6.44. The van der Waals surface area contributed by atoms with Crippen molar-refractivity contribution in [2.75, 3.05) is 6.54 Å². The van der Waals surface area contributed by atoms with Gasteiger partial charge in [0.2, 0.25) is 5.76 Å². The number of carbonyl (C=O) groups is 1. The van der Waals surface area contributed by atoms with Gasteiger partial charge in [-0.05, 0) is 32.2 Å². The summed E-state index contributed by atoms with van der Waals surface area (Å²) in [6.07, 6.45) is 4.45. The molecule has 94 valence electrons. The van der Waals surface area contributed by atoms with Crippen LogP contribution in [0.15, 0.2) is 10.6 Å². The number of nitrogens with one attached hydrogen (secondary N) is 1. The lowest BCUT2D eigenvalue weighted by Crippen LogP contribution is -2.44. The monoisotopic (exact) mass is 237 g/mol. The molecule has 1 aromatic heterocycles. The molecule has 1 aromatic rings. The Morgan fingerprint density at radius 1 is 1.59 bits per heavy atom. The minimum atomic E-state index is -0.184. The number of amides is 1. The zero-order valence-electron chi connectivity index (χ0n) is 10.1. The van der Waals surface area contributed by atoms with Crippen LogP contribution in [-0.2, 0) is 0 Å². The van der Waals surface area contributed by atoms with Crippen molar-refractivity contribution in [2.45, 2.75) is 38.6 Å². The molecular weight excluding hydrogens is 218 g/mol. The molecule has 2 unspecified atom stereocenters. The molecule has 3 N–H and O–H groups in total. The van der Waals surface area contributed by atoms with Gasteiger partial charge >= 0.3 is 0 Å². The molecule has 0 radical (unpaired) electrons. The van der Waals surface area contributed by atoms with Crippen LogP contribution in [0.3, 0.4) is 0 Å². The Labute approximate surface area is 101 Å². The van der Waals surface area contributed by atoms with E-state index < -0.39 is 0 Å². The van der Waals surface area contributed by atoms with Crippen molar-refractivity contribution in [3.8, 4) is 0 Å². The summed E-state index contributed by atoms with van der Waals surface area (Å²) in [7, 11) is 0. The fraction of sp³-hybridized carbons (Fsp3) is 0.667. The van der Waals surface area contributed by atoms with E-state index in [0.29, 0.717) is 18.2 Å². The third-order valence-electron chi connectivity index (χ3n) is 3.38. The molecule has 2 rings (SSSR count). The summed E-state index contributed by atoms with van der Waals surface area (Å²) in [5.74, 6) is 0.483. The fourth-order valence-electron chi connectivity index (χ4n) is 2.39. The summed E-state index contributed by atoms with van der Waals surface area (Å²) >= 11 is 0. The first kappa shape index (κ1) is 12.1. The van der Waals surface area contributed by atoms with Crippen LogP contribution in [0.1, 0.15) is 41.9 Å². The average Bonchev–Trinajstić information content (AvgIpc) is 2.77. The maximum absolute atomic E-state index is 11.9. The first-order chi connectivity index (χ1) is 8.20. The van der Waals surface area contributed by atoms with E-state index in [1.807, 2.05) is 0 Å². The van der Waals surface area contributed by atoms with E-state index >= 15 is 0 Å². The Kier molecular flexibility index (Phi) is 3.78. The lowest BCUT2D eigenvalue weighted by atomic mass is 9.84. The summed E-state index contributed by atoms with van der Waals surface area (Å²) in [6, 6.07) is 1.82. The molecule has 1 saturated carbocycles. The zero-order chi connectivity index (χ0) is 12.3. The van der Waals surface area contributed by atoms with Crippen LogP contribution < -0.4 is 11.1 Å². The van der Waals surface area contributed by atoms with Crippen molar-refractivity contribution in [3.05, 3.63) is 17.5 Å². The molecule has 0 bridgehead atoms. The number of aryl methyl sites for hydroxylation is 1. The summed E-state index contributed by atoms with van der Waals surface area (Å²) in [4.78, 5) is 11.9. The van der Waals surface area contributed by atoms with Crippen molar-refractivity contribution in [1.29, 1.82) is 0 Å². The van der Waals surface area contributed by atoms with E-state index in [1.165, 1.54) is 6.42 Å². The normalized spacial score (nSPS) is 24.6. The fourth-order valence-corrected chi connectivity index (χ4v) is 2.39. The second-order valence-corrected chi connectivity index (χ2v) is 4.69. The van der Waals surface area contributed by atoms with Gasteiger partial charge in [0.1, 0.15) is 0 Å². The van der Waals surface area contributed by atoms with Gasteiger partial charge in [0, 0.05) is 12.1 Å². The van der Waals surface area contributed by atoms with Gasteiger partial charge in [-0.25, -0.2) is 0 Å². The second kappa shape index (κ2) is 5.31. The van der Waals surface area contributed by atoms with Crippen molar-refractivity contribution < 1.29 is 9.32 Å². The Balaban J connectivity index is 1.97. The van der Waals surface area contributed by atoms with Crippen molar-refractivity contribution in [1.82, 2.24) is 10.5 Å². The van der Waals surface area contributed by atoms with Gasteiger partial charge in [0.15, 0.2) is 0 Å². The molecule has 1 fully saturated rings. The van der Waals surface area contributed by atoms with E-state index in [0.717, 1.165) is 19.3 Å². The van der Waals surface area contributed by atoms with Gasteiger partial charge < -0.3 is 15.6 Å². The van der Waals surface area contributed by atoms with Gasteiger partial charge in [0.25, 0.3) is 5.91 Å². The Hall–Kier alpha value is -1.36. The SMILES string of the molecule is Cc1cc(C(=O)NC2CCCCC2CN)on1. The highest BCUT2D eigenvalue weighted by Crippen LogP contribution is 2.23. The highest BCUT2D eigenvalue weighted by Gasteiger charge is 2.26. The second-order valence-electron chi connectivity index (χ2n) is 4.69. The zero-order valence-corrected chi connectivity index (χ0v) is 10.1. The van der Waals surface area contributed by atoms with Crippen LogP contribution in [0.2, 0.25) is 0 Å². The predicted molar refractivity (Wildman–Crippen MR) is 63.5 cm³/mol. The third kappa shape index (κ3) is 2.85. The maximum Gasteiger partial charge on any atom is 0.290 e. The number of nitrogens with zero attached hydrogens (tertiary/aromatic N) is 1. The highest BCUT2D eigenvalue weighted by atomic mass is 16.5. The molecule has 1 aliphatic rings. The molecular formula is C12H19N3O2.